The van der Waals surface area contributed by atoms with Crippen LogP contribution in [0.15, 0.2) is 48.7 Å². The van der Waals surface area contributed by atoms with Crippen LogP contribution in [0.4, 0.5) is 17.6 Å². The molecule has 0 saturated carbocycles. The summed E-state index contributed by atoms with van der Waals surface area (Å²) in [5.74, 6) is -3.49. The Labute approximate surface area is 223 Å². The van der Waals surface area contributed by atoms with Gasteiger partial charge in [0.1, 0.15) is 17.2 Å². The van der Waals surface area contributed by atoms with Gasteiger partial charge in [0.15, 0.2) is 5.65 Å². The molecule has 2 amide bonds. The number of aromatic carboxylic acids is 1. The highest BCUT2D eigenvalue weighted by molar-refractivity contribution is 5.98. The number of carboxylic acid groups (broad SMARTS) is 1. The normalized spacial score (nSPS) is 14.7. The Morgan fingerprint density at radius 1 is 1.10 bits per heavy atom. The van der Waals surface area contributed by atoms with Crippen molar-refractivity contribution in [3.8, 4) is 0 Å². The minimum absolute atomic E-state index is 0.0161. The summed E-state index contributed by atoms with van der Waals surface area (Å²) in [4.78, 5) is 41.8. The number of hydrogen-bond acceptors (Lipinski definition) is 5. The highest BCUT2D eigenvalue weighted by Crippen LogP contribution is 2.35. The van der Waals surface area contributed by atoms with Crippen LogP contribution in [-0.4, -0.2) is 37.5 Å². The molecule has 0 spiro atoms. The molecular formula is C27H21F4N5O4. The Morgan fingerprint density at radius 3 is 2.60 bits per heavy atom. The van der Waals surface area contributed by atoms with Crippen LogP contribution in [0.5, 0.6) is 0 Å². The Hall–Kier alpha value is -4.81. The zero-order chi connectivity index (χ0) is 28.8. The molecule has 1 atom stereocenters. The van der Waals surface area contributed by atoms with Crippen LogP contribution in [0.3, 0.4) is 0 Å². The molecule has 9 nitrogen and oxygen atoms in total. The molecule has 0 fully saturated rings. The number of hydrogen-bond donors (Lipinski definition) is 3. The fourth-order valence-corrected chi connectivity index (χ4v) is 4.87. The smallest absolute Gasteiger partial charge is 0.416 e. The summed E-state index contributed by atoms with van der Waals surface area (Å²) >= 11 is 0. The lowest BCUT2D eigenvalue weighted by molar-refractivity contribution is -0.137. The summed E-state index contributed by atoms with van der Waals surface area (Å²) in [5.41, 5.74) is 1.17. The first-order valence-corrected chi connectivity index (χ1v) is 12.1. The first-order valence-electron chi connectivity index (χ1n) is 12.1. The maximum absolute atomic E-state index is 13.7. The summed E-state index contributed by atoms with van der Waals surface area (Å²) in [6.45, 7) is 1.31. The van der Waals surface area contributed by atoms with E-state index in [4.69, 9.17) is 0 Å². The molecule has 0 saturated heterocycles. The lowest BCUT2D eigenvalue weighted by atomic mass is 9.98. The lowest BCUT2D eigenvalue weighted by Crippen LogP contribution is -2.30. The topological polar surface area (TPSA) is 126 Å². The number of amides is 2. The van der Waals surface area contributed by atoms with Gasteiger partial charge in [-0.2, -0.15) is 18.3 Å². The molecule has 0 unspecified atom stereocenters. The van der Waals surface area contributed by atoms with E-state index in [1.165, 1.54) is 28.9 Å². The monoisotopic (exact) mass is 555 g/mol. The van der Waals surface area contributed by atoms with Crippen LogP contribution in [0.1, 0.15) is 71.6 Å². The standard InChI is InChI=1S/C27H21F4N5O4/c1-13-17-4-5-20(19(17)3-2-18(13)26(39)40)35-25(38)22-11-21(34-23-6-7-33-36(22)23)24(37)32-12-14-8-15(27(29,30)31)10-16(28)9-14/h2-3,6-11,20H,4-5,12H2,1H3,(H,32,37)(H,35,38)(H,39,40)/t20-/m0/s1. The molecule has 2 heterocycles. The molecule has 1 aliphatic rings. The fourth-order valence-electron chi connectivity index (χ4n) is 4.87. The number of carboxylic acids is 1. The Kier molecular flexibility index (Phi) is 6.74. The van der Waals surface area contributed by atoms with Gasteiger partial charge >= 0.3 is 12.1 Å². The van der Waals surface area contributed by atoms with Crippen molar-refractivity contribution in [2.24, 2.45) is 0 Å². The van der Waals surface area contributed by atoms with Gasteiger partial charge in [-0.3, -0.25) is 9.59 Å². The molecule has 1 aliphatic carbocycles. The zero-order valence-corrected chi connectivity index (χ0v) is 20.8. The zero-order valence-electron chi connectivity index (χ0n) is 20.8. The minimum Gasteiger partial charge on any atom is -0.478 e. The van der Waals surface area contributed by atoms with E-state index >= 15 is 0 Å². The number of nitrogens with one attached hydrogen (secondary N) is 2. The van der Waals surface area contributed by atoms with E-state index in [1.54, 1.807) is 13.0 Å². The summed E-state index contributed by atoms with van der Waals surface area (Å²) < 4.78 is 54.0. The molecule has 2 aromatic carbocycles. The first kappa shape index (κ1) is 26.8. The van der Waals surface area contributed by atoms with Crippen molar-refractivity contribution in [1.82, 2.24) is 25.2 Å². The second-order valence-corrected chi connectivity index (χ2v) is 9.33. The van der Waals surface area contributed by atoms with E-state index in [0.717, 1.165) is 23.3 Å². The van der Waals surface area contributed by atoms with Gasteiger partial charge in [-0.1, -0.05) is 6.07 Å². The van der Waals surface area contributed by atoms with Gasteiger partial charge in [-0.15, -0.1) is 0 Å². The quantitative estimate of drug-likeness (QED) is 0.306. The number of benzene rings is 2. The van der Waals surface area contributed by atoms with Crippen molar-refractivity contribution in [2.75, 3.05) is 0 Å². The van der Waals surface area contributed by atoms with Crippen molar-refractivity contribution in [3.63, 3.8) is 0 Å². The summed E-state index contributed by atoms with van der Waals surface area (Å²) in [6, 6.07) is 7.41. The van der Waals surface area contributed by atoms with E-state index < -0.39 is 47.9 Å². The van der Waals surface area contributed by atoms with Crippen molar-refractivity contribution in [2.45, 2.75) is 38.5 Å². The summed E-state index contributed by atoms with van der Waals surface area (Å²) in [6.07, 6.45) is -2.26. The maximum atomic E-state index is 13.7. The average Bonchev–Trinajstić information content (AvgIpc) is 3.53. The predicted octanol–water partition coefficient (Wildman–Crippen LogP) is 4.24. The number of fused-ring (bicyclic) bond motifs is 2. The van der Waals surface area contributed by atoms with E-state index in [9.17, 15) is 37.1 Å². The molecule has 5 rings (SSSR count). The number of carbonyl (C=O) groups excluding carboxylic acids is 2. The van der Waals surface area contributed by atoms with Gasteiger partial charge < -0.3 is 15.7 Å². The Bertz CT molecular complexity index is 1680. The van der Waals surface area contributed by atoms with Crippen LogP contribution in [0.25, 0.3) is 5.65 Å². The molecule has 0 aliphatic heterocycles. The van der Waals surface area contributed by atoms with Crippen molar-refractivity contribution in [1.29, 1.82) is 0 Å². The molecule has 0 bridgehead atoms. The molecule has 4 aromatic rings. The van der Waals surface area contributed by atoms with Gasteiger partial charge in [0.05, 0.1) is 23.4 Å². The number of halogens is 4. The van der Waals surface area contributed by atoms with Crippen LogP contribution < -0.4 is 10.6 Å². The molecule has 206 valence electrons. The second kappa shape index (κ2) is 10.1. The SMILES string of the molecule is Cc1c(C(=O)O)ccc2c1CC[C@@H]2NC(=O)c1cc(C(=O)NCc2cc(F)cc(C(F)(F)F)c2)nc2ccnn12. The fraction of sp³-hybridized carbons (Fsp3) is 0.222. The van der Waals surface area contributed by atoms with Crippen molar-refractivity contribution >= 4 is 23.4 Å². The first-order chi connectivity index (χ1) is 18.9. The van der Waals surface area contributed by atoms with E-state index in [1.807, 2.05) is 0 Å². The third kappa shape index (κ3) is 5.09. The maximum Gasteiger partial charge on any atom is 0.416 e. The van der Waals surface area contributed by atoms with E-state index in [2.05, 4.69) is 20.7 Å². The molecule has 40 heavy (non-hydrogen) atoms. The number of alkyl halides is 3. The number of nitrogens with zero attached hydrogens (tertiary/aromatic N) is 3. The van der Waals surface area contributed by atoms with Crippen molar-refractivity contribution in [3.05, 3.63) is 99.2 Å². The van der Waals surface area contributed by atoms with E-state index in [0.29, 0.717) is 24.5 Å². The van der Waals surface area contributed by atoms with Gasteiger partial charge in [-0.25, -0.2) is 18.7 Å². The van der Waals surface area contributed by atoms with Crippen LogP contribution in [0, 0.1) is 12.7 Å². The highest BCUT2D eigenvalue weighted by Gasteiger charge is 2.32. The Balaban J connectivity index is 1.37. The molecule has 3 N–H and O–H groups in total. The van der Waals surface area contributed by atoms with Gasteiger partial charge in [0, 0.05) is 18.7 Å². The number of rotatable bonds is 6. The number of aromatic nitrogens is 3. The lowest BCUT2D eigenvalue weighted by Gasteiger charge is -2.16. The summed E-state index contributed by atoms with van der Waals surface area (Å²) in [7, 11) is 0. The van der Waals surface area contributed by atoms with Gasteiger partial charge in [0.2, 0.25) is 0 Å². The molecule has 2 aromatic heterocycles. The minimum atomic E-state index is -4.76. The molecular weight excluding hydrogens is 534 g/mol. The third-order valence-electron chi connectivity index (χ3n) is 6.79. The summed E-state index contributed by atoms with van der Waals surface area (Å²) in [5, 5.41) is 18.8. The highest BCUT2D eigenvalue weighted by atomic mass is 19.4. The predicted molar refractivity (Wildman–Crippen MR) is 132 cm³/mol. The van der Waals surface area contributed by atoms with Crippen LogP contribution >= 0.6 is 0 Å². The van der Waals surface area contributed by atoms with E-state index in [-0.39, 0.29) is 28.2 Å². The van der Waals surface area contributed by atoms with Crippen LogP contribution in [0.2, 0.25) is 0 Å². The third-order valence-corrected chi connectivity index (χ3v) is 6.79. The largest absolute Gasteiger partial charge is 0.478 e. The molecule has 0 radical (unpaired) electrons. The van der Waals surface area contributed by atoms with Gasteiger partial charge in [-0.05, 0) is 66.3 Å². The van der Waals surface area contributed by atoms with Crippen molar-refractivity contribution < 1.29 is 37.1 Å². The average molecular weight is 555 g/mol. The van der Waals surface area contributed by atoms with Crippen LogP contribution in [-0.2, 0) is 19.1 Å². The number of carbonyl (C=O) groups is 3. The van der Waals surface area contributed by atoms with Gasteiger partial charge in [0.25, 0.3) is 11.8 Å². The Morgan fingerprint density at radius 2 is 1.88 bits per heavy atom. The molecule has 13 heteroatoms. The second-order valence-electron chi connectivity index (χ2n) is 9.33.